The van der Waals surface area contributed by atoms with Crippen molar-refractivity contribution >= 4 is 0 Å². The van der Waals surface area contributed by atoms with Crippen LogP contribution >= 0.6 is 0 Å². The summed E-state index contributed by atoms with van der Waals surface area (Å²) < 4.78 is 0. The molecule has 0 bridgehead atoms. The summed E-state index contributed by atoms with van der Waals surface area (Å²) >= 11 is 0. The van der Waals surface area contributed by atoms with Gasteiger partial charge in [-0.05, 0) is 78.8 Å². The number of aliphatic hydroxyl groups excluding tert-OH is 2. The van der Waals surface area contributed by atoms with Gasteiger partial charge in [0.05, 0.1) is 12.2 Å². The normalized spacial score (nSPS) is 39.3. The van der Waals surface area contributed by atoms with Gasteiger partial charge in [0, 0.05) is 6.42 Å². The minimum Gasteiger partial charge on any atom is -0.393 e. The Bertz CT molecular complexity index is 643. The van der Waals surface area contributed by atoms with Gasteiger partial charge < -0.3 is 10.2 Å². The monoisotopic (exact) mass is 400 g/mol. The molecule has 164 valence electrons. The minimum absolute atomic E-state index is 0.420. The zero-order valence-electron chi connectivity index (χ0n) is 19.3. The molecule has 6 atom stereocenters. The van der Waals surface area contributed by atoms with Gasteiger partial charge in [-0.15, -0.1) is 0 Å². The van der Waals surface area contributed by atoms with E-state index in [-0.39, 0.29) is 0 Å². The molecule has 3 aliphatic carbocycles. The predicted octanol–water partition coefficient (Wildman–Crippen LogP) is 6.59. The summed E-state index contributed by atoms with van der Waals surface area (Å²) in [6.45, 7) is 13.8. The molecule has 0 heterocycles. The maximum absolute atomic E-state index is 10.1. The molecule has 0 saturated heterocycles. The van der Waals surface area contributed by atoms with Crippen LogP contribution in [0, 0.1) is 29.1 Å². The Morgan fingerprint density at radius 2 is 1.90 bits per heavy atom. The van der Waals surface area contributed by atoms with Crippen molar-refractivity contribution < 1.29 is 10.2 Å². The van der Waals surface area contributed by atoms with Crippen LogP contribution in [-0.2, 0) is 0 Å². The standard InChI is InChI=1S/C27H44O2/c1-18(2)8-6-9-19(3)24-13-14-25-21(10-7-15-27(24,25)5)11-12-22-16-23(28)17-26(29)20(22)4/h11-12,18-19,23-26,28-29H,4,6-10,13-17H2,1-3,5H3/b21-11?,22-12-/t19-,23-,24-,25-,26-,27-/m1/s1. The average molecular weight is 401 g/mol. The second-order valence-corrected chi connectivity index (χ2v) is 11.0. The van der Waals surface area contributed by atoms with Crippen molar-refractivity contribution in [1.82, 2.24) is 0 Å². The van der Waals surface area contributed by atoms with Crippen LogP contribution in [0.1, 0.15) is 91.9 Å². The predicted molar refractivity (Wildman–Crippen MR) is 123 cm³/mol. The Labute approximate surface area is 179 Å². The van der Waals surface area contributed by atoms with Gasteiger partial charge in [-0.3, -0.25) is 0 Å². The summed E-state index contributed by atoms with van der Waals surface area (Å²) in [5, 5.41) is 20.2. The van der Waals surface area contributed by atoms with Crippen LogP contribution < -0.4 is 0 Å². The molecule has 0 unspecified atom stereocenters. The fraction of sp³-hybridized carbons (Fsp3) is 0.778. The fourth-order valence-corrected chi connectivity index (χ4v) is 6.73. The zero-order valence-corrected chi connectivity index (χ0v) is 19.3. The minimum atomic E-state index is -0.595. The molecule has 3 rings (SSSR count). The Kier molecular flexibility index (Phi) is 7.49. The number of aliphatic hydroxyl groups is 2. The van der Waals surface area contributed by atoms with Crippen molar-refractivity contribution in [3.05, 3.63) is 35.5 Å². The lowest BCUT2D eigenvalue weighted by atomic mass is 9.60. The van der Waals surface area contributed by atoms with E-state index >= 15 is 0 Å². The molecule has 0 aromatic rings. The van der Waals surface area contributed by atoms with E-state index in [1.807, 2.05) is 0 Å². The molecule has 29 heavy (non-hydrogen) atoms. The molecule has 0 amide bonds. The Morgan fingerprint density at radius 3 is 2.62 bits per heavy atom. The lowest BCUT2D eigenvalue weighted by Crippen LogP contribution is -2.36. The SMILES string of the molecule is C=C1/C(=C\C=C2CCC[C@@]3(C)[C@@H]2CC[C@@H]3[C@H](C)CCCC(C)C)C[C@@H](O)C[C@H]1O. The fourth-order valence-electron chi connectivity index (χ4n) is 6.73. The Morgan fingerprint density at radius 1 is 1.14 bits per heavy atom. The topological polar surface area (TPSA) is 40.5 Å². The van der Waals surface area contributed by atoms with Crippen LogP contribution in [0.25, 0.3) is 0 Å². The number of rotatable bonds is 6. The quantitative estimate of drug-likeness (QED) is 0.528. The molecule has 0 aliphatic heterocycles. The van der Waals surface area contributed by atoms with E-state index in [0.717, 1.165) is 28.9 Å². The number of hydrogen-bond acceptors (Lipinski definition) is 2. The summed E-state index contributed by atoms with van der Waals surface area (Å²) in [6.07, 6.45) is 15.2. The molecule has 0 aromatic heterocycles. The molecule has 3 fully saturated rings. The van der Waals surface area contributed by atoms with Gasteiger partial charge in [-0.2, -0.15) is 0 Å². The van der Waals surface area contributed by atoms with E-state index < -0.39 is 12.2 Å². The summed E-state index contributed by atoms with van der Waals surface area (Å²) in [5.41, 5.74) is 3.88. The molecule has 3 aliphatic rings. The van der Waals surface area contributed by atoms with Crippen LogP contribution in [0.5, 0.6) is 0 Å². The van der Waals surface area contributed by atoms with Crippen LogP contribution in [0.4, 0.5) is 0 Å². The van der Waals surface area contributed by atoms with Crippen molar-refractivity contribution in [1.29, 1.82) is 0 Å². The molecular weight excluding hydrogens is 356 g/mol. The maximum Gasteiger partial charge on any atom is 0.0811 e. The Balaban J connectivity index is 1.71. The third-order valence-corrected chi connectivity index (χ3v) is 8.43. The largest absolute Gasteiger partial charge is 0.393 e. The third-order valence-electron chi connectivity index (χ3n) is 8.43. The Hall–Kier alpha value is -0.860. The van der Waals surface area contributed by atoms with E-state index in [1.54, 1.807) is 5.57 Å². The maximum atomic E-state index is 10.1. The molecular formula is C27H44O2. The highest BCUT2D eigenvalue weighted by Crippen LogP contribution is 2.59. The summed E-state index contributed by atoms with van der Waals surface area (Å²) in [4.78, 5) is 0. The smallest absolute Gasteiger partial charge is 0.0811 e. The molecule has 2 nitrogen and oxygen atoms in total. The number of hydrogen-bond donors (Lipinski definition) is 2. The van der Waals surface area contributed by atoms with Crippen LogP contribution in [0.3, 0.4) is 0 Å². The molecule has 2 heteroatoms. The van der Waals surface area contributed by atoms with E-state index in [4.69, 9.17) is 0 Å². The van der Waals surface area contributed by atoms with E-state index in [9.17, 15) is 10.2 Å². The molecule has 0 radical (unpaired) electrons. The average Bonchev–Trinajstić information content (AvgIpc) is 3.00. The molecule has 0 aromatic carbocycles. The van der Waals surface area contributed by atoms with Crippen molar-refractivity contribution in [3.63, 3.8) is 0 Å². The van der Waals surface area contributed by atoms with Gasteiger partial charge in [0.25, 0.3) is 0 Å². The van der Waals surface area contributed by atoms with E-state index in [1.165, 1.54) is 51.4 Å². The van der Waals surface area contributed by atoms with Gasteiger partial charge in [0.15, 0.2) is 0 Å². The van der Waals surface area contributed by atoms with Gasteiger partial charge in [-0.25, -0.2) is 0 Å². The first kappa shape index (κ1) is 22.8. The van der Waals surface area contributed by atoms with Gasteiger partial charge in [0.1, 0.15) is 0 Å². The highest BCUT2D eigenvalue weighted by Gasteiger charge is 2.50. The second-order valence-electron chi connectivity index (χ2n) is 11.0. The van der Waals surface area contributed by atoms with E-state index in [2.05, 4.69) is 46.4 Å². The summed E-state index contributed by atoms with van der Waals surface area (Å²) in [7, 11) is 0. The van der Waals surface area contributed by atoms with Crippen molar-refractivity contribution in [3.8, 4) is 0 Å². The molecule has 2 N–H and O–H groups in total. The first-order chi connectivity index (χ1) is 13.7. The zero-order chi connectivity index (χ0) is 21.2. The highest BCUT2D eigenvalue weighted by molar-refractivity contribution is 5.38. The lowest BCUT2D eigenvalue weighted by Gasteiger charge is -2.44. The second kappa shape index (κ2) is 9.52. The lowest BCUT2D eigenvalue weighted by molar-refractivity contribution is 0.0861. The van der Waals surface area contributed by atoms with Gasteiger partial charge in [0.2, 0.25) is 0 Å². The van der Waals surface area contributed by atoms with Gasteiger partial charge >= 0.3 is 0 Å². The third kappa shape index (κ3) is 5.07. The van der Waals surface area contributed by atoms with Gasteiger partial charge in [-0.1, -0.05) is 71.3 Å². The van der Waals surface area contributed by atoms with Crippen molar-refractivity contribution in [2.75, 3.05) is 0 Å². The number of fused-ring (bicyclic) bond motifs is 1. The molecule has 3 saturated carbocycles. The first-order valence-electron chi connectivity index (χ1n) is 12.2. The summed E-state index contributed by atoms with van der Waals surface area (Å²) in [5.74, 6) is 3.20. The summed E-state index contributed by atoms with van der Waals surface area (Å²) in [6, 6.07) is 0. The van der Waals surface area contributed by atoms with Crippen LogP contribution in [0.2, 0.25) is 0 Å². The highest BCUT2D eigenvalue weighted by atomic mass is 16.3. The first-order valence-corrected chi connectivity index (χ1v) is 12.2. The van der Waals surface area contributed by atoms with E-state index in [0.29, 0.717) is 24.2 Å². The van der Waals surface area contributed by atoms with Crippen LogP contribution in [-0.4, -0.2) is 22.4 Å². The van der Waals surface area contributed by atoms with Crippen molar-refractivity contribution in [2.45, 2.75) is 104 Å². The molecule has 0 spiro atoms. The number of allylic oxidation sites excluding steroid dienone is 3. The van der Waals surface area contributed by atoms with Crippen molar-refractivity contribution in [2.24, 2.45) is 29.1 Å². The van der Waals surface area contributed by atoms with Crippen LogP contribution in [0.15, 0.2) is 35.5 Å².